The molecule has 0 saturated carbocycles. The largest absolute Gasteiger partial charge is 0.348 e. The number of carbonyl (C=O) groups excluding carboxylic acids is 1. The molecule has 1 aromatic heterocycles. The number of halogens is 2. The Bertz CT molecular complexity index is 761. The molecule has 1 aliphatic rings. The summed E-state index contributed by atoms with van der Waals surface area (Å²) in [5, 5.41) is 6.17. The van der Waals surface area contributed by atoms with Gasteiger partial charge in [0.25, 0.3) is 0 Å². The number of amides is 1. The van der Waals surface area contributed by atoms with Crippen molar-refractivity contribution in [3.8, 4) is 0 Å². The van der Waals surface area contributed by atoms with Gasteiger partial charge < -0.3 is 15.5 Å². The normalized spacial score (nSPS) is 19.9. The van der Waals surface area contributed by atoms with E-state index in [2.05, 4.69) is 20.6 Å². The third-order valence-electron chi connectivity index (χ3n) is 4.31. The highest BCUT2D eigenvalue weighted by Crippen LogP contribution is 2.26. The summed E-state index contributed by atoms with van der Waals surface area (Å²) in [6.45, 7) is 0.489. The van der Waals surface area contributed by atoms with Crippen LogP contribution in [0.3, 0.4) is 0 Å². The molecule has 8 heteroatoms. The molecule has 1 saturated heterocycles. The van der Waals surface area contributed by atoms with Crippen LogP contribution in [0.2, 0.25) is 0 Å². The number of anilines is 1. The summed E-state index contributed by atoms with van der Waals surface area (Å²) >= 11 is 0. The minimum atomic E-state index is -0.661. The van der Waals surface area contributed by atoms with E-state index in [4.69, 9.17) is 0 Å². The Morgan fingerprint density at radius 2 is 1.85 bits per heavy atom. The van der Waals surface area contributed by atoms with Gasteiger partial charge in [-0.25, -0.2) is 18.7 Å². The smallest absolute Gasteiger partial charge is 0.224 e. The summed E-state index contributed by atoms with van der Waals surface area (Å²) < 4.78 is 27.1. The fourth-order valence-corrected chi connectivity index (χ4v) is 3.01. The van der Waals surface area contributed by atoms with E-state index >= 15 is 0 Å². The summed E-state index contributed by atoms with van der Waals surface area (Å²) in [6.07, 6.45) is 4.40. The van der Waals surface area contributed by atoms with Crippen molar-refractivity contribution in [3.63, 3.8) is 0 Å². The van der Waals surface area contributed by atoms with E-state index in [1.54, 1.807) is 12.4 Å². The van der Waals surface area contributed by atoms with E-state index in [1.165, 1.54) is 12.1 Å². The van der Waals surface area contributed by atoms with Gasteiger partial charge in [-0.05, 0) is 24.1 Å². The number of carbonyl (C=O) groups is 1. The fourth-order valence-electron chi connectivity index (χ4n) is 3.01. The predicted octanol–water partition coefficient (Wildman–Crippen LogP) is 1.93. The van der Waals surface area contributed by atoms with Gasteiger partial charge in [0, 0.05) is 57.1 Å². The molecule has 0 unspecified atom stereocenters. The van der Waals surface area contributed by atoms with Crippen molar-refractivity contribution in [2.75, 3.05) is 19.0 Å². The van der Waals surface area contributed by atoms with E-state index in [1.807, 2.05) is 19.0 Å². The molecule has 0 radical (unpaired) electrons. The highest BCUT2D eigenvalue weighted by Gasteiger charge is 2.30. The molecule has 0 spiro atoms. The Balaban J connectivity index is 1.72. The van der Waals surface area contributed by atoms with Crippen LogP contribution in [-0.4, -0.2) is 36.0 Å². The lowest BCUT2D eigenvalue weighted by atomic mass is 9.91. The predicted molar refractivity (Wildman–Crippen MR) is 93.5 cm³/mol. The molecule has 6 nitrogen and oxygen atoms in total. The van der Waals surface area contributed by atoms with Crippen LogP contribution in [0.25, 0.3) is 0 Å². The average Bonchev–Trinajstić information content (AvgIpc) is 2.60. The Kier molecular flexibility index (Phi) is 5.41. The summed E-state index contributed by atoms with van der Waals surface area (Å²) in [6, 6.07) is 2.68. The zero-order valence-corrected chi connectivity index (χ0v) is 14.7. The molecule has 1 amide bonds. The maximum atomic E-state index is 13.6. The zero-order valence-electron chi connectivity index (χ0n) is 14.7. The summed E-state index contributed by atoms with van der Waals surface area (Å²) in [7, 11) is 3.72. The third kappa shape index (κ3) is 4.32. The lowest BCUT2D eigenvalue weighted by Crippen LogP contribution is -2.48. The highest BCUT2D eigenvalue weighted by atomic mass is 19.1. The van der Waals surface area contributed by atoms with Crippen molar-refractivity contribution in [1.29, 1.82) is 0 Å². The standard InChI is InChI=1S/C18H21F2N5O/c1-25(2)18-22-9-11(10-23-18)8-21-15-3-4-16(26)24-17(15)12-5-13(19)7-14(20)6-12/h5-7,9-10,15,17,21H,3-4,8H2,1-2H3,(H,24,26)/t15-,17+/m1/s1. The van der Waals surface area contributed by atoms with Crippen molar-refractivity contribution in [2.45, 2.75) is 31.5 Å². The van der Waals surface area contributed by atoms with Crippen LogP contribution in [0.5, 0.6) is 0 Å². The molecular formula is C18H21F2N5O. The molecule has 3 rings (SSSR count). The topological polar surface area (TPSA) is 70.2 Å². The van der Waals surface area contributed by atoms with Gasteiger partial charge in [0.2, 0.25) is 11.9 Å². The molecule has 2 heterocycles. The fraction of sp³-hybridized carbons (Fsp3) is 0.389. The van der Waals surface area contributed by atoms with Gasteiger partial charge in [-0.15, -0.1) is 0 Å². The number of nitrogens with one attached hydrogen (secondary N) is 2. The Labute approximate surface area is 150 Å². The molecule has 1 aromatic carbocycles. The van der Waals surface area contributed by atoms with E-state index in [-0.39, 0.29) is 11.9 Å². The lowest BCUT2D eigenvalue weighted by molar-refractivity contribution is -0.123. The first-order valence-corrected chi connectivity index (χ1v) is 8.39. The van der Waals surface area contributed by atoms with Crippen LogP contribution >= 0.6 is 0 Å². The maximum absolute atomic E-state index is 13.6. The molecule has 0 bridgehead atoms. The Hall–Kier alpha value is -2.61. The molecule has 26 heavy (non-hydrogen) atoms. The molecule has 1 fully saturated rings. The minimum absolute atomic E-state index is 0.128. The van der Waals surface area contributed by atoms with Gasteiger partial charge in [-0.2, -0.15) is 0 Å². The van der Waals surface area contributed by atoms with Crippen LogP contribution in [0.15, 0.2) is 30.6 Å². The van der Waals surface area contributed by atoms with Crippen molar-refractivity contribution < 1.29 is 13.6 Å². The Morgan fingerprint density at radius 1 is 1.19 bits per heavy atom. The molecule has 2 atom stereocenters. The minimum Gasteiger partial charge on any atom is -0.348 e. The maximum Gasteiger partial charge on any atom is 0.224 e. The second kappa shape index (κ2) is 7.74. The first-order chi connectivity index (χ1) is 12.4. The highest BCUT2D eigenvalue weighted by molar-refractivity contribution is 5.77. The average molecular weight is 361 g/mol. The number of nitrogens with zero attached hydrogens (tertiary/aromatic N) is 3. The van der Waals surface area contributed by atoms with Gasteiger partial charge >= 0.3 is 0 Å². The second-order valence-electron chi connectivity index (χ2n) is 6.56. The van der Waals surface area contributed by atoms with E-state index < -0.39 is 17.7 Å². The molecule has 2 N–H and O–H groups in total. The van der Waals surface area contributed by atoms with E-state index in [0.717, 1.165) is 11.6 Å². The summed E-state index contributed by atoms with van der Waals surface area (Å²) in [4.78, 5) is 22.1. The third-order valence-corrected chi connectivity index (χ3v) is 4.31. The number of piperidine rings is 1. The molecule has 138 valence electrons. The van der Waals surface area contributed by atoms with E-state index in [0.29, 0.717) is 30.9 Å². The van der Waals surface area contributed by atoms with Crippen LogP contribution < -0.4 is 15.5 Å². The SMILES string of the molecule is CN(C)c1ncc(CN[C@@H]2CCC(=O)N[C@H]2c2cc(F)cc(F)c2)cn1. The first-order valence-electron chi connectivity index (χ1n) is 8.39. The molecule has 2 aromatic rings. The van der Waals surface area contributed by atoms with Gasteiger partial charge in [-0.1, -0.05) is 0 Å². The monoisotopic (exact) mass is 361 g/mol. The molecule has 1 aliphatic heterocycles. The van der Waals surface area contributed by atoms with Crippen molar-refractivity contribution in [2.24, 2.45) is 0 Å². The van der Waals surface area contributed by atoms with Crippen LogP contribution in [0.4, 0.5) is 14.7 Å². The number of benzene rings is 1. The number of hydrogen-bond acceptors (Lipinski definition) is 5. The van der Waals surface area contributed by atoms with Gasteiger partial charge in [0.05, 0.1) is 6.04 Å². The van der Waals surface area contributed by atoms with Gasteiger partial charge in [0.1, 0.15) is 11.6 Å². The van der Waals surface area contributed by atoms with Gasteiger partial charge in [-0.3, -0.25) is 4.79 Å². The van der Waals surface area contributed by atoms with Crippen LogP contribution in [0, 0.1) is 11.6 Å². The van der Waals surface area contributed by atoms with Crippen molar-refractivity contribution in [3.05, 3.63) is 53.4 Å². The van der Waals surface area contributed by atoms with Gasteiger partial charge in [0.15, 0.2) is 0 Å². The zero-order chi connectivity index (χ0) is 18.7. The molecule has 0 aliphatic carbocycles. The molecular weight excluding hydrogens is 340 g/mol. The number of hydrogen-bond donors (Lipinski definition) is 2. The Morgan fingerprint density at radius 3 is 2.46 bits per heavy atom. The quantitative estimate of drug-likeness (QED) is 0.852. The summed E-state index contributed by atoms with van der Waals surface area (Å²) in [5.41, 5.74) is 1.30. The van der Waals surface area contributed by atoms with Crippen LogP contribution in [-0.2, 0) is 11.3 Å². The lowest BCUT2D eigenvalue weighted by Gasteiger charge is -2.33. The van der Waals surface area contributed by atoms with E-state index in [9.17, 15) is 13.6 Å². The second-order valence-corrected chi connectivity index (χ2v) is 6.56. The van der Waals surface area contributed by atoms with Crippen LogP contribution in [0.1, 0.15) is 30.0 Å². The first kappa shape index (κ1) is 18.2. The number of rotatable bonds is 5. The van der Waals surface area contributed by atoms with Crippen molar-refractivity contribution in [1.82, 2.24) is 20.6 Å². The summed E-state index contributed by atoms with van der Waals surface area (Å²) in [5.74, 6) is -0.833. The van der Waals surface area contributed by atoms with Crippen molar-refractivity contribution >= 4 is 11.9 Å². The number of aromatic nitrogens is 2.